The second-order valence-corrected chi connectivity index (χ2v) is 5.96. The van der Waals surface area contributed by atoms with E-state index in [1.54, 1.807) is 6.20 Å². The lowest BCUT2D eigenvalue weighted by atomic mass is 10.2. The summed E-state index contributed by atoms with van der Waals surface area (Å²) in [4.78, 5) is 16.6. The van der Waals surface area contributed by atoms with Crippen LogP contribution in [0.3, 0.4) is 0 Å². The van der Waals surface area contributed by atoms with Gasteiger partial charge in [0.1, 0.15) is 5.54 Å². The number of aryl methyl sites for hydroxylation is 1. The number of carbonyl (C=O) groups excluding carboxylic acids is 1. The molecule has 2 aromatic rings. The van der Waals surface area contributed by atoms with Crippen LogP contribution in [-0.4, -0.2) is 21.0 Å². The molecule has 0 atom stereocenters. The number of nitrogens with one attached hydrogen (secondary N) is 1. The molecule has 102 valence electrons. The molecule has 6 heteroatoms. The molecule has 0 unspecified atom stereocenters. The van der Waals surface area contributed by atoms with Gasteiger partial charge in [-0.15, -0.1) is 11.3 Å². The third kappa shape index (κ3) is 2.00. The summed E-state index contributed by atoms with van der Waals surface area (Å²) in [5.41, 5.74) is 1.79. The van der Waals surface area contributed by atoms with Gasteiger partial charge in [0.2, 0.25) is 0 Å². The van der Waals surface area contributed by atoms with Crippen LogP contribution in [0.25, 0.3) is 5.13 Å². The number of nitrogens with zero attached hydrogens (tertiary/aromatic N) is 3. The van der Waals surface area contributed by atoms with E-state index in [2.05, 4.69) is 16.4 Å². The Morgan fingerprint density at radius 1 is 1.55 bits per heavy atom. The van der Waals surface area contributed by atoms with Gasteiger partial charge < -0.3 is 5.32 Å². The van der Waals surface area contributed by atoms with Gasteiger partial charge in [-0.25, -0.2) is 4.98 Å². The van der Waals surface area contributed by atoms with Crippen LogP contribution in [0.2, 0.25) is 0 Å². The molecule has 2 heterocycles. The van der Waals surface area contributed by atoms with E-state index in [0.29, 0.717) is 5.56 Å². The summed E-state index contributed by atoms with van der Waals surface area (Å²) < 4.78 is 1.96. The molecule has 1 aliphatic carbocycles. The highest BCUT2D eigenvalue weighted by Gasteiger charge is 2.45. The van der Waals surface area contributed by atoms with Gasteiger partial charge in [-0.2, -0.15) is 5.26 Å². The fourth-order valence-electron chi connectivity index (χ4n) is 2.29. The lowest BCUT2D eigenvalue weighted by molar-refractivity contribution is 0.0941. The average molecular weight is 286 g/mol. The van der Waals surface area contributed by atoms with Crippen molar-refractivity contribution in [3.63, 3.8) is 0 Å². The highest BCUT2D eigenvalue weighted by Crippen LogP contribution is 2.35. The summed E-state index contributed by atoms with van der Waals surface area (Å²) in [7, 11) is 0. The first-order valence-electron chi connectivity index (χ1n) is 6.39. The number of carbonyl (C=O) groups is 1. The van der Waals surface area contributed by atoms with Crippen molar-refractivity contribution < 1.29 is 4.79 Å². The highest BCUT2D eigenvalue weighted by atomic mass is 32.1. The predicted octanol–water partition coefficient (Wildman–Crippen LogP) is 2.34. The third-order valence-corrected chi connectivity index (χ3v) is 4.36. The first kappa shape index (κ1) is 12.9. The van der Waals surface area contributed by atoms with Gasteiger partial charge in [0.05, 0.1) is 11.6 Å². The Bertz CT molecular complexity index is 704. The van der Waals surface area contributed by atoms with Crippen molar-refractivity contribution in [1.29, 1.82) is 5.26 Å². The number of hydrogen-bond acceptors (Lipinski definition) is 4. The second kappa shape index (κ2) is 4.46. The summed E-state index contributed by atoms with van der Waals surface area (Å²) in [6.07, 6.45) is 3.22. The lowest BCUT2D eigenvalue weighted by Gasteiger charge is -2.09. The smallest absolute Gasteiger partial charge is 0.254 e. The Labute approximate surface area is 120 Å². The minimum absolute atomic E-state index is 0.181. The van der Waals surface area contributed by atoms with Crippen LogP contribution >= 0.6 is 11.3 Å². The van der Waals surface area contributed by atoms with Gasteiger partial charge in [0.15, 0.2) is 5.13 Å². The topological polar surface area (TPSA) is 70.7 Å². The van der Waals surface area contributed by atoms with E-state index in [0.717, 1.165) is 29.4 Å². The van der Waals surface area contributed by atoms with E-state index in [1.165, 1.54) is 11.3 Å². The molecule has 2 aromatic heterocycles. The largest absolute Gasteiger partial charge is 0.334 e. The maximum Gasteiger partial charge on any atom is 0.254 e. The van der Waals surface area contributed by atoms with Crippen molar-refractivity contribution in [2.24, 2.45) is 0 Å². The first-order valence-corrected chi connectivity index (χ1v) is 7.27. The monoisotopic (exact) mass is 286 g/mol. The molecule has 0 spiro atoms. The molecule has 0 aromatic carbocycles. The van der Waals surface area contributed by atoms with Crippen molar-refractivity contribution >= 4 is 17.2 Å². The van der Waals surface area contributed by atoms with E-state index in [9.17, 15) is 4.79 Å². The Hall–Kier alpha value is -2.13. The SMILES string of the molecule is Cc1cc(C(=O)NC2(C#N)CC2)c(C)n1-c1nccs1. The van der Waals surface area contributed by atoms with Gasteiger partial charge >= 0.3 is 0 Å². The summed E-state index contributed by atoms with van der Waals surface area (Å²) >= 11 is 1.53. The van der Waals surface area contributed by atoms with E-state index in [4.69, 9.17) is 5.26 Å². The van der Waals surface area contributed by atoms with Crippen LogP contribution in [0, 0.1) is 25.2 Å². The Balaban J connectivity index is 1.94. The molecule has 3 rings (SSSR count). The minimum Gasteiger partial charge on any atom is -0.334 e. The molecule has 1 aliphatic rings. The quantitative estimate of drug-likeness (QED) is 0.941. The Kier molecular flexibility index (Phi) is 2.87. The third-order valence-electron chi connectivity index (χ3n) is 3.60. The number of thiazole rings is 1. The Morgan fingerprint density at radius 3 is 2.85 bits per heavy atom. The van der Waals surface area contributed by atoms with Crippen molar-refractivity contribution in [3.05, 3.63) is 34.6 Å². The van der Waals surface area contributed by atoms with Crippen LogP contribution in [-0.2, 0) is 0 Å². The van der Waals surface area contributed by atoms with Crippen LogP contribution in [0.5, 0.6) is 0 Å². The molecule has 1 amide bonds. The van der Waals surface area contributed by atoms with E-state index < -0.39 is 5.54 Å². The fourth-order valence-corrected chi connectivity index (χ4v) is 3.04. The number of amides is 1. The predicted molar refractivity (Wildman–Crippen MR) is 76.0 cm³/mol. The molecule has 1 saturated carbocycles. The molecule has 0 radical (unpaired) electrons. The zero-order chi connectivity index (χ0) is 14.3. The van der Waals surface area contributed by atoms with Crippen molar-refractivity contribution in [2.45, 2.75) is 32.2 Å². The maximum absolute atomic E-state index is 12.3. The van der Waals surface area contributed by atoms with Crippen LogP contribution in [0.15, 0.2) is 17.6 Å². The molecule has 0 aliphatic heterocycles. The van der Waals surface area contributed by atoms with Crippen LogP contribution < -0.4 is 5.32 Å². The van der Waals surface area contributed by atoms with Gasteiger partial charge in [0, 0.05) is 23.0 Å². The van der Waals surface area contributed by atoms with E-state index >= 15 is 0 Å². The number of nitriles is 1. The van der Waals surface area contributed by atoms with E-state index in [1.807, 2.05) is 29.9 Å². The summed E-state index contributed by atoms with van der Waals surface area (Å²) in [5.74, 6) is -0.181. The molecule has 20 heavy (non-hydrogen) atoms. The molecular formula is C14H14N4OS. The normalized spacial score (nSPS) is 15.7. The lowest BCUT2D eigenvalue weighted by Crippen LogP contribution is -2.35. The van der Waals surface area contributed by atoms with Gasteiger partial charge in [-0.05, 0) is 32.8 Å². The molecule has 0 bridgehead atoms. The number of aromatic nitrogens is 2. The van der Waals surface area contributed by atoms with Crippen molar-refractivity contribution in [1.82, 2.24) is 14.9 Å². The minimum atomic E-state index is -0.638. The average Bonchev–Trinajstić information content (AvgIpc) is 2.85. The maximum atomic E-state index is 12.3. The number of hydrogen-bond donors (Lipinski definition) is 1. The van der Waals surface area contributed by atoms with E-state index in [-0.39, 0.29) is 5.91 Å². The standard InChI is InChI=1S/C14H14N4OS/c1-9-7-11(12(19)17-14(8-15)3-4-14)10(2)18(9)13-16-5-6-20-13/h5-7H,3-4H2,1-2H3,(H,17,19). The van der Waals surface area contributed by atoms with Crippen molar-refractivity contribution in [2.75, 3.05) is 0 Å². The molecule has 1 fully saturated rings. The summed E-state index contributed by atoms with van der Waals surface area (Å²) in [5, 5.41) is 14.6. The summed E-state index contributed by atoms with van der Waals surface area (Å²) in [6, 6.07) is 4.02. The highest BCUT2D eigenvalue weighted by molar-refractivity contribution is 7.12. The van der Waals surface area contributed by atoms with Crippen LogP contribution in [0.1, 0.15) is 34.6 Å². The Morgan fingerprint density at radius 2 is 2.30 bits per heavy atom. The second-order valence-electron chi connectivity index (χ2n) is 5.08. The van der Waals surface area contributed by atoms with Crippen molar-refractivity contribution in [3.8, 4) is 11.2 Å². The molecular weight excluding hydrogens is 272 g/mol. The zero-order valence-corrected chi connectivity index (χ0v) is 12.1. The fraction of sp³-hybridized carbons (Fsp3) is 0.357. The van der Waals surface area contributed by atoms with Crippen LogP contribution in [0.4, 0.5) is 0 Å². The molecule has 5 nitrogen and oxygen atoms in total. The van der Waals surface area contributed by atoms with Gasteiger partial charge in [0.25, 0.3) is 5.91 Å². The van der Waals surface area contributed by atoms with Gasteiger partial charge in [-0.3, -0.25) is 9.36 Å². The summed E-state index contributed by atoms with van der Waals surface area (Å²) in [6.45, 7) is 3.84. The van der Waals surface area contributed by atoms with Gasteiger partial charge in [-0.1, -0.05) is 0 Å². The number of rotatable bonds is 3. The molecule has 0 saturated heterocycles. The zero-order valence-electron chi connectivity index (χ0n) is 11.3. The molecule has 1 N–H and O–H groups in total. The first-order chi connectivity index (χ1) is 9.56.